The summed E-state index contributed by atoms with van der Waals surface area (Å²) in [5.41, 5.74) is 6.77. The van der Waals surface area contributed by atoms with E-state index in [0.717, 1.165) is 31.3 Å². The highest BCUT2D eigenvalue weighted by atomic mass is 15.3. The number of hydrogen-bond acceptors (Lipinski definition) is 3. The van der Waals surface area contributed by atoms with Crippen molar-refractivity contribution in [1.82, 2.24) is 9.55 Å². The van der Waals surface area contributed by atoms with Gasteiger partial charge in [0.05, 0.1) is 5.69 Å². The first-order chi connectivity index (χ1) is 7.20. The molecular formula is C11H20N4. The summed E-state index contributed by atoms with van der Waals surface area (Å²) >= 11 is 0. The van der Waals surface area contributed by atoms with Crippen LogP contribution in [0.25, 0.3) is 0 Å². The second-order valence-electron chi connectivity index (χ2n) is 4.46. The first kappa shape index (κ1) is 10.5. The van der Waals surface area contributed by atoms with Crippen molar-refractivity contribution in [2.45, 2.75) is 19.8 Å². The van der Waals surface area contributed by atoms with E-state index in [4.69, 9.17) is 5.73 Å². The average molecular weight is 208 g/mol. The van der Waals surface area contributed by atoms with Crippen LogP contribution in [0.3, 0.4) is 0 Å². The molecule has 15 heavy (non-hydrogen) atoms. The highest BCUT2D eigenvalue weighted by molar-refractivity contribution is 5.33. The molecule has 0 amide bonds. The third-order valence-electron chi connectivity index (χ3n) is 3.20. The second kappa shape index (κ2) is 4.23. The maximum Gasteiger partial charge on any atom is 0.205 e. The first-order valence-corrected chi connectivity index (χ1v) is 5.65. The number of nitrogens with zero attached hydrogens (tertiary/aromatic N) is 3. The Hall–Kier alpha value is -1.03. The van der Waals surface area contributed by atoms with Gasteiger partial charge in [0, 0.05) is 26.3 Å². The lowest BCUT2D eigenvalue weighted by molar-refractivity contribution is 0.409. The van der Waals surface area contributed by atoms with Crippen molar-refractivity contribution in [3.63, 3.8) is 0 Å². The minimum Gasteiger partial charge on any atom is -0.342 e. The molecule has 1 aromatic rings. The van der Waals surface area contributed by atoms with Crippen LogP contribution in [-0.4, -0.2) is 29.2 Å². The number of nitrogens with two attached hydrogens (primary N) is 1. The summed E-state index contributed by atoms with van der Waals surface area (Å²) in [6.45, 7) is 5.04. The van der Waals surface area contributed by atoms with E-state index in [2.05, 4.69) is 27.7 Å². The van der Waals surface area contributed by atoms with Crippen LogP contribution in [-0.2, 0) is 7.05 Å². The molecule has 0 aromatic carbocycles. The standard InChI is InChI=1S/C11H20N4/c1-9-8-14(2)11(13-9)15-5-3-10(7-12)4-6-15/h8,10H,3-7,12H2,1-2H3. The zero-order chi connectivity index (χ0) is 10.8. The number of piperidine rings is 1. The third kappa shape index (κ3) is 2.15. The molecule has 0 saturated carbocycles. The van der Waals surface area contributed by atoms with E-state index in [1.54, 1.807) is 0 Å². The van der Waals surface area contributed by atoms with Gasteiger partial charge in [-0.1, -0.05) is 0 Å². The van der Waals surface area contributed by atoms with E-state index in [1.165, 1.54) is 12.8 Å². The summed E-state index contributed by atoms with van der Waals surface area (Å²) in [6, 6.07) is 0. The molecule has 1 aliphatic rings. The van der Waals surface area contributed by atoms with Crippen LogP contribution in [0.1, 0.15) is 18.5 Å². The van der Waals surface area contributed by atoms with Crippen molar-refractivity contribution < 1.29 is 0 Å². The van der Waals surface area contributed by atoms with Crippen LogP contribution in [0.4, 0.5) is 5.95 Å². The van der Waals surface area contributed by atoms with Crippen molar-refractivity contribution in [3.05, 3.63) is 11.9 Å². The van der Waals surface area contributed by atoms with E-state index < -0.39 is 0 Å². The summed E-state index contributed by atoms with van der Waals surface area (Å²) in [6.07, 6.45) is 4.47. The normalized spacial score (nSPS) is 18.5. The van der Waals surface area contributed by atoms with Crippen molar-refractivity contribution in [2.75, 3.05) is 24.5 Å². The lowest BCUT2D eigenvalue weighted by Gasteiger charge is -2.31. The molecule has 1 saturated heterocycles. The highest BCUT2D eigenvalue weighted by Gasteiger charge is 2.20. The number of hydrogen-bond donors (Lipinski definition) is 1. The largest absolute Gasteiger partial charge is 0.342 e. The number of anilines is 1. The Balaban J connectivity index is 2.04. The summed E-state index contributed by atoms with van der Waals surface area (Å²) in [7, 11) is 2.06. The van der Waals surface area contributed by atoms with Crippen LogP contribution >= 0.6 is 0 Å². The van der Waals surface area contributed by atoms with Gasteiger partial charge in [-0.2, -0.15) is 0 Å². The molecule has 2 N–H and O–H groups in total. The molecule has 0 bridgehead atoms. The van der Waals surface area contributed by atoms with Crippen molar-refractivity contribution in [1.29, 1.82) is 0 Å². The van der Waals surface area contributed by atoms with Gasteiger partial charge in [0.15, 0.2) is 0 Å². The van der Waals surface area contributed by atoms with E-state index in [9.17, 15) is 0 Å². The Morgan fingerprint density at radius 3 is 2.60 bits per heavy atom. The zero-order valence-corrected chi connectivity index (χ0v) is 9.61. The Bertz CT molecular complexity index is 323. The smallest absolute Gasteiger partial charge is 0.205 e. The summed E-state index contributed by atoms with van der Waals surface area (Å²) in [4.78, 5) is 6.90. The second-order valence-corrected chi connectivity index (χ2v) is 4.46. The predicted molar refractivity (Wildman–Crippen MR) is 61.9 cm³/mol. The molecule has 0 atom stereocenters. The molecule has 0 radical (unpaired) electrons. The van der Waals surface area contributed by atoms with Gasteiger partial charge in [-0.15, -0.1) is 0 Å². The topological polar surface area (TPSA) is 47.1 Å². The Labute approximate surface area is 91.1 Å². The van der Waals surface area contributed by atoms with Gasteiger partial charge in [-0.05, 0) is 32.2 Å². The maximum atomic E-state index is 5.68. The summed E-state index contributed by atoms with van der Waals surface area (Å²) < 4.78 is 2.11. The van der Waals surface area contributed by atoms with Gasteiger partial charge in [0.25, 0.3) is 0 Å². The van der Waals surface area contributed by atoms with Crippen molar-refractivity contribution >= 4 is 5.95 Å². The summed E-state index contributed by atoms with van der Waals surface area (Å²) in [5.74, 6) is 1.81. The van der Waals surface area contributed by atoms with Gasteiger partial charge in [-0.3, -0.25) is 0 Å². The van der Waals surface area contributed by atoms with Crippen LogP contribution < -0.4 is 10.6 Å². The fourth-order valence-electron chi connectivity index (χ4n) is 2.27. The van der Waals surface area contributed by atoms with Gasteiger partial charge < -0.3 is 15.2 Å². The molecule has 0 unspecified atom stereocenters. The minimum absolute atomic E-state index is 0.711. The maximum absolute atomic E-state index is 5.68. The molecule has 2 rings (SSSR count). The average Bonchev–Trinajstić information content (AvgIpc) is 2.58. The molecule has 2 heterocycles. The molecule has 4 nitrogen and oxygen atoms in total. The predicted octanol–water partition coefficient (Wildman–Crippen LogP) is 0.904. The molecule has 4 heteroatoms. The van der Waals surface area contributed by atoms with Gasteiger partial charge in [0.1, 0.15) is 0 Å². The molecule has 1 aliphatic heterocycles. The first-order valence-electron chi connectivity index (χ1n) is 5.65. The number of rotatable bonds is 2. The molecule has 84 valence electrons. The quantitative estimate of drug-likeness (QED) is 0.785. The van der Waals surface area contributed by atoms with E-state index in [1.807, 2.05) is 6.92 Å². The Kier molecular flexibility index (Phi) is 2.95. The minimum atomic E-state index is 0.711. The van der Waals surface area contributed by atoms with Crippen molar-refractivity contribution in [3.8, 4) is 0 Å². The Morgan fingerprint density at radius 1 is 1.47 bits per heavy atom. The van der Waals surface area contributed by atoms with Crippen LogP contribution in [0.2, 0.25) is 0 Å². The van der Waals surface area contributed by atoms with Gasteiger partial charge >= 0.3 is 0 Å². The lowest BCUT2D eigenvalue weighted by Crippen LogP contribution is -2.37. The van der Waals surface area contributed by atoms with E-state index in [-0.39, 0.29) is 0 Å². The van der Waals surface area contributed by atoms with Crippen molar-refractivity contribution in [2.24, 2.45) is 18.7 Å². The number of aryl methyl sites for hydroxylation is 2. The molecule has 0 spiro atoms. The summed E-state index contributed by atoms with van der Waals surface area (Å²) in [5, 5.41) is 0. The van der Waals surface area contributed by atoms with E-state index in [0.29, 0.717) is 5.92 Å². The van der Waals surface area contributed by atoms with Crippen LogP contribution in [0.15, 0.2) is 6.20 Å². The van der Waals surface area contributed by atoms with E-state index >= 15 is 0 Å². The fourth-order valence-corrected chi connectivity index (χ4v) is 2.27. The Morgan fingerprint density at radius 2 is 2.13 bits per heavy atom. The van der Waals surface area contributed by atoms with Crippen LogP contribution in [0.5, 0.6) is 0 Å². The molecule has 1 aromatic heterocycles. The zero-order valence-electron chi connectivity index (χ0n) is 9.61. The van der Waals surface area contributed by atoms with Gasteiger partial charge in [0.2, 0.25) is 5.95 Å². The SMILES string of the molecule is Cc1cn(C)c(N2CCC(CN)CC2)n1. The molecular weight excluding hydrogens is 188 g/mol. The number of aromatic nitrogens is 2. The monoisotopic (exact) mass is 208 g/mol. The van der Waals surface area contributed by atoms with Gasteiger partial charge in [-0.25, -0.2) is 4.98 Å². The van der Waals surface area contributed by atoms with Crippen LogP contribution in [0, 0.1) is 12.8 Å². The highest BCUT2D eigenvalue weighted by Crippen LogP contribution is 2.21. The lowest BCUT2D eigenvalue weighted by atomic mass is 9.97. The fraction of sp³-hybridized carbons (Fsp3) is 0.727. The molecule has 0 aliphatic carbocycles. The number of imidazole rings is 1. The third-order valence-corrected chi connectivity index (χ3v) is 3.20. The molecule has 1 fully saturated rings.